The van der Waals surface area contributed by atoms with Gasteiger partial charge in [-0.25, -0.2) is 4.39 Å². The maximum atomic E-state index is 13.7. The van der Waals surface area contributed by atoms with Gasteiger partial charge in [0.25, 0.3) is 0 Å². The summed E-state index contributed by atoms with van der Waals surface area (Å²) in [5.74, 6) is 0.367. The van der Waals surface area contributed by atoms with Gasteiger partial charge in [-0.3, -0.25) is 4.79 Å². The van der Waals surface area contributed by atoms with Crippen molar-refractivity contribution >= 4 is 23.6 Å². The first-order chi connectivity index (χ1) is 12.8. The highest BCUT2D eigenvalue weighted by Crippen LogP contribution is 2.37. The number of hydrogen-bond acceptors (Lipinski definition) is 3. The van der Waals surface area contributed by atoms with Crippen LogP contribution in [0.5, 0.6) is 11.5 Å². The predicted molar refractivity (Wildman–Crippen MR) is 106 cm³/mol. The summed E-state index contributed by atoms with van der Waals surface area (Å²) in [7, 11) is 3.14. The lowest BCUT2D eigenvalue weighted by atomic mass is 10.1. The van der Waals surface area contributed by atoms with Gasteiger partial charge in [-0.15, -0.1) is 0 Å². The van der Waals surface area contributed by atoms with Gasteiger partial charge in [-0.2, -0.15) is 0 Å². The Morgan fingerprint density at radius 1 is 1.30 bits per heavy atom. The van der Waals surface area contributed by atoms with E-state index in [0.717, 1.165) is 0 Å². The van der Waals surface area contributed by atoms with Crippen molar-refractivity contribution in [3.63, 3.8) is 0 Å². The topological polar surface area (TPSA) is 38.8 Å². The summed E-state index contributed by atoms with van der Waals surface area (Å²) in [5, 5.41) is 0.398. The number of methoxy groups -OCH3 is 1. The summed E-state index contributed by atoms with van der Waals surface area (Å²) >= 11 is 6.28. The van der Waals surface area contributed by atoms with Crippen molar-refractivity contribution in [3.05, 3.63) is 64.4 Å². The third-order valence-electron chi connectivity index (χ3n) is 3.77. The number of carbonyl (C=O) groups excluding carboxylic acids is 1. The zero-order valence-electron chi connectivity index (χ0n) is 15.8. The molecule has 0 bridgehead atoms. The fourth-order valence-corrected chi connectivity index (χ4v) is 2.70. The number of rotatable bonds is 7. The fourth-order valence-electron chi connectivity index (χ4n) is 2.44. The van der Waals surface area contributed by atoms with Crippen LogP contribution in [-0.4, -0.2) is 31.1 Å². The minimum absolute atomic E-state index is 0.0496. The molecule has 0 fully saturated rings. The Labute approximate surface area is 164 Å². The van der Waals surface area contributed by atoms with E-state index in [9.17, 15) is 9.18 Å². The third kappa shape index (κ3) is 5.73. The van der Waals surface area contributed by atoms with Gasteiger partial charge in [-0.1, -0.05) is 29.8 Å². The highest BCUT2D eigenvalue weighted by Gasteiger charge is 2.13. The predicted octanol–water partition coefficient (Wildman–Crippen LogP) is 4.95. The molecule has 0 spiro atoms. The molecule has 0 N–H and O–H groups in total. The fraction of sp³-hybridized carbons (Fsp3) is 0.286. The van der Waals surface area contributed by atoms with Crippen LogP contribution in [0.15, 0.2) is 42.5 Å². The molecule has 0 radical (unpaired) electrons. The van der Waals surface area contributed by atoms with Gasteiger partial charge in [0.1, 0.15) is 5.82 Å². The maximum Gasteiger partial charge on any atom is 0.246 e. The first-order valence-corrected chi connectivity index (χ1v) is 8.90. The summed E-state index contributed by atoms with van der Waals surface area (Å²) in [6, 6.07) is 9.82. The Kier molecular flexibility index (Phi) is 7.25. The van der Waals surface area contributed by atoms with Crippen molar-refractivity contribution < 1.29 is 18.7 Å². The van der Waals surface area contributed by atoms with Gasteiger partial charge in [0.05, 0.1) is 18.2 Å². The van der Waals surface area contributed by atoms with E-state index in [2.05, 4.69) is 0 Å². The number of likely N-dealkylation sites (N-methyl/N-ethyl adjacent to an activating group) is 1. The van der Waals surface area contributed by atoms with E-state index in [1.807, 2.05) is 13.8 Å². The van der Waals surface area contributed by atoms with Crippen molar-refractivity contribution in [1.82, 2.24) is 4.90 Å². The first-order valence-electron chi connectivity index (χ1n) is 8.52. The smallest absolute Gasteiger partial charge is 0.246 e. The van der Waals surface area contributed by atoms with Crippen molar-refractivity contribution in [1.29, 1.82) is 0 Å². The lowest BCUT2D eigenvalue weighted by Crippen LogP contribution is -2.24. The van der Waals surface area contributed by atoms with Gasteiger partial charge in [-0.05, 0) is 43.7 Å². The van der Waals surface area contributed by atoms with E-state index in [1.165, 1.54) is 24.2 Å². The second kappa shape index (κ2) is 9.42. The molecule has 0 saturated heterocycles. The Hall–Kier alpha value is -2.53. The van der Waals surface area contributed by atoms with Crippen LogP contribution in [-0.2, 0) is 11.3 Å². The molecule has 6 heteroatoms. The zero-order chi connectivity index (χ0) is 20.0. The Balaban J connectivity index is 2.13. The highest BCUT2D eigenvalue weighted by atomic mass is 35.5. The van der Waals surface area contributed by atoms with E-state index in [0.29, 0.717) is 27.6 Å². The van der Waals surface area contributed by atoms with E-state index in [4.69, 9.17) is 21.1 Å². The van der Waals surface area contributed by atoms with E-state index >= 15 is 0 Å². The number of hydrogen-bond donors (Lipinski definition) is 0. The van der Waals surface area contributed by atoms with E-state index < -0.39 is 0 Å². The quantitative estimate of drug-likeness (QED) is 0.627. The van der Waals surface area contributed by atoms with Gasteiger partial charge < -0.3 is 14.4 Å². The van der Waals surface area contributed by atoms with Crippen LogP contribution in [0.25, 0.3) is 6.08 Å². The number of benzene rings is 2. The molecule has 144 valence electrons. The molecule has 0 saturated carbocycles. The van der Waals surface area contributed by atoms with Crippen molar-refractivity contribution in [2.24, 2.45) is 0 Å². The minimum atomic E-state index is -0.335. The third-order valence-corrected chi connectivity index (χ3v) is 4.05. The molecule has 27 heavy (non-hydrogen) atoms. The van der Waals surface area contributed by atoms with Gasteiger partial charge >= 0.3 is 0 Å². The monoisotopic (exact) mass is 391 g/mol. The number of nitrogens with zero attached hydrogens (tertiary/aromatic N) is 1. The molecule has 2 aromatic rings. The van der Waals surface area contributed by atoms with E-state index in [1.54, 1.807) is 43.5 Å². The Morgan fingerprint density at radius 2 is 2.00 bits per heavy atom. The molecule has 0 aliphatic carbocycles. The summed E-state index contributed by atoms with van der Waals surface area (Å²) in [4.78, 5) is 13.7. The lowest BCUT2D eigenvalue weighted by Gasteiger charge is -2.16. The number of amides is 1. The van der Waals surface area contributed by atoms with E-state index in [-0.39, 0.29) is 24.4 Å². The van der Waals surface area contributed by atoms with Gasteiger partial charge in [0, 0.05) is 25.2 Å². The largest absolute Gasteiger partial charge is 0.493 e. The summed E-state index contributed by atoms with van der Waals surface area (Å²) in [6.45, 7) is 3.97. The Morgan fingerprint density at radius 3 is 2.63 bits per heavy atom. The van der Waals surface area contributed by atoms with Crippen LogP contribution in [0.3, 0.4) is 0 Å². The zero-order valence-corrected chi connectivity index (χ0v) is 16.6. The molecule has 2 aromatic carbocycles. The SMILES string of the molecule is COc1cc(/C=C/C(=O)N(C)Cc2ccccc2F)cc(Cl)c1OC(C)C. The molecular formula is C21H23ClFNO3. The molecule has 1 amide bonds. The summed E-state index contributed by atoms with van der Waals surface area (Å²) < 4.78 is 24.7. The average molecular weight is 392 g/mol. The molecule has 0 aromatic heterocycles. The molecule has 0 atom stereocenters. The van der Waals surface area contributed by atoms with Crippen LogP contribution < -0.4 is 9.47 Å². The highest BCUT2D eigenvalue weighted by molar-refractivity contribution is 6.32. The number of halogens is 2. The van der Waals surface area contributed by atoms with Gasteiger partial charge in [0.15, 0.2) is 11.5 Å². The van der Waals surface area contributed by atoms with Crippen molar-refractivity contribution in [3.8, 4) is 11.5 Å². The maximum absolute atomic E-state index is 13.7. The van der Waals surface area contributed by atoms with Crippen molar-refractivity contribution in [2.75, 3.05) is 14.2 Å². The summed E-state index contributed by atoms with van der Waals surface area (Å²) in [5.41, 5.74) is 1.15. The van der Waals surface area contributed by atoms with Crippen LogP contribution in [0.1, 0.15) is 25.0 Å². The molecule has 2 rings (SSSR count). The second-order valence-corrected chi connectivity index (χ2v) is 6.73. The van der Waals surface area contributed by atoms with Crippen LogP contribution in [0.2, 0.25) is 5.02 Å². The second-order valence-electron chi connectivity index (χ2n) is 6.32. The van der Waals surface area contributed by atoms with Crippen LogP contribution >= 0.6 is 11.6 Å². The molecule has 0 unspecified atom stereocenters. The minimum Gasteiger partial charge on any atom is -0.493 e. The molecule has 4 nitrogen and oxygen atoms in total. The number of carbonyl (C=O) groups is 1. The first kappa shape index (κ1) is 20.8. The molecular weight excluding hydrogens is 369 g/mol. The Bertz CT molecular complexity index is 836. The van der Waals surface area contributed by atoms with Gasteiger partial charge in [0.2, 0.25) is 5.91 Å². The van der Waals surface area contributed by atoms with Crippen LogP contribution in [0, 0.1) is 5.82 Å². The molecule has 0 heterocycles. The lowest BCUT2D eigenvalue weighted by molar-refractivity contribution is -0.125. The normalized spacial score (nSPS) is 11.1. The molecule has 0 aliphatic heterocycles. The molecule has 0 aliphatic rings. The standard InChI is InChI=1S/C21H23ClFNO3/c1-14(2)27-21-17(22)11-15(12-19(21)26-4)9-10-20(25)24(3)13-16-7-5-6-8-18(16)23/h5-12,14H,13H2,1-4H3/b10-9+. The van der Waals surface area contributed by atoms with Crippen LogP contribution in [0.4, 0.5) is 4.39 Å². The average Bonchev–Trinajstić information content (AvgIpc) is 2.63. The van der Waals surface area contributed by atoms with Crippen molar-refractivity contribution in [2.45, 2.75) is 26.5 Å². The number of ether oxygens (including phenoxy) is 2. The summed E-state index contributed by atoms with van der Waals surface area (Å²) in [6.07, 6.45) is 2.99.